The average molecular weight is 231 g/mol. The standard InChI is InChI=1S/C13H17N3O/c1-9-5-4-6-10-13(9)15-11(16(10)3)7-8-12(17)14-2/h4-6H,7-8H2,1-3H3,(H,14,17). The number of hydrogen-bond acceptors (Lipinski definition) is 2. The number of nitrogens with zero attached hydrogens (tertiary/aromatic N) is 2. The third-order valence-corrected chi connectivity index (χ3v) is 3.06. The van der Waals surface area contributed by atoms with Crippen molar-refractivity contribution in [2.45, 2.75) is 19.8 Å². The Morgan fingerprint density at radius 2 is 2.24 bits per heavy atom. The number of amides is 1. The number of carbonyl (C=O) groups excluding carboxylic acids is 1. The molecule has 0 aliphatic heterocycles. The Labute approximate surface area is 101 Å². The molecule has 1 amide bonds. The molecular formula is C13H17N3O. The van der Waals surface area contributed by atoms with Gasteiger partial charge in [-0.1, -0.05) is 12.1 Å². The molecule has 0 radical (unpaired) electrons. The summed E-state index contributed by atoms with van der Waals surface area (Å²) in [6.45, 7) is 2.05. The number of imidazole rings is 1. The number of rotatable bonds is 3. The molecule has 0 unspecified atom stereocenters. The maximum Gasteiger partial charge on any atom is 0.220 e. The third kappa shape index (κ3) is 2.16. The SMILES string of the molecule is CNC(=O)CCc1nc2c(C)cccc2n1C. The molecule has 1 aromatic heterocycles. The normalized spacial score (nSPS) is 10.8. The second-order valence-electron chi connectivity index (χ2n) is 4.20. The van der Waals surface area contributed by atoms with Crippen LogP contribution in [-0.4, -0.2) is 22.5 Å². The number of aromatic nitrogens is 2. The Balaban J connectivity index is 2.32. The van der Waals surface area contributed by atoms with Gasteiger partial charge in [0.2, 0.25) is 5.91 Å². The number of para-hydroxylation sites is 1. The number of aryl methyl sites for hydroxylation is 3. The molecule has 1 heterocycles. The molecule has 4 nitrogen and oxygen atoms in total. The van der Waals surface area contributed by atoms with E-state index in [4.69, 9.17) is 0 Å². The number of benzene rings is 1. The molecule has 0 saturated carbocycles. The highest BCUT2D eigenvalue weighted by molar-refractivity contribution is 5.80. The van der Waals surface area contributed by atoms with E-state index in [0.717, 1.165) is 16.9 Å². The fourth-order valence-corrected chi connectivity index (χ4v) is 1.98. The van der Waals surface area contributed by atoms with Crippen molar-refractivity contribution in [1.82, 2.24) is 14.9 Å². The molecule has 1 aromatic carbocycles. The Kier molecular flexibility index (Phi) is 3.13. The van der Waals surface area contributed by atoms with Gasteiger partial charge in [-0.25, -0.2) is 4.98 Å². The molecule has 90 valence electrons. The van der Waals surface area contributed by atoms with Crippen LogP contribution in [0.25, 0.3) is 11.0 Å². The highest BCUT2D eigenvalue weighted by Gasteiger charge is 2.10. The lowest BCUT2D eigenvalue weighted by Gasteiger charge is -2.01. The van der Waals surface area contributed by atoms with Gasteiger partial charge in [0.1, 0.15) is 5.82 Å². The van der Waals surface area contributed by atoms with Crippen LogP contribution in [0.4, 0.5) is 0 Å². The van der Waals surface area contributed by atoms with Gasteiger partial charge in [-0.15, -0.1) is 0 Å². The fraction of sp³-hybridized carbons (Fsp3) is 0.385. The average Bonchev–Trinajstić information content (AvgIpc) is 2.65. The van der Waals surface area contributed by atoms with Gasteiger partial charge in [0.05, 0.1) is 11.0 Å². The van der Waals surface area contributed by atoms with Gasteiger partial charge in [0, 0.05) is 26.9 Å². The largest absolute Gasteiger partial charge is 0.359 e. The van der Waals surface area contributed by atoms with Gasteiger partial charge in [0.15, 0.2) is 0 Å². The number of carbonyl (C=O) groups is 1. The first-order chi connectivity index (χ1) is 8.13. The summed E-state index contributed by atoms with van der Waals surface area (Å²) in [5, 5.41) is 2.62. The minimum atomic E-state index is 0.0498. The highest BCUT2D eigenvalue weighted by atomic mass is 16.1. The Hall–Kier alpha value is -1.84. The molecule has 0 fully saturated rings. The number of nitrogens with one attached hydrogen (secondary N) is 1. The molecule has 0 spiro atoms. The zero-order chi connectivity index (χ0) is 12.4. The number of hydrogen-bond donors (Lipinski definition) is 1. The minimum absolute atomic E-state index is 0.0498. The van der Waals surface area contributed by atoms with Crippen molar-refractivity contribution in [1.29, 1.82) is 0 Å². The molecule has 2 rings (SSSR count). The third-order valence-electron chi connectivity index (χ3n) is 3.06. The van der Waals surface area contributed by atoms with E-state index in [1.54, 1.807) is 7.05 Å². The highest BCUT2D eigenvalue weighted by Crippen LogP contribution is 2.19. The molecular weight excluding hydrogens is 214 g/mol. The van der Waals surface area contributed by atoms with Crippen molar-refractivity contribution in [3.8, 4) is 0 Å². The van der Waals surface area contributed by atoms with Crippen LogP contribution >= 0.6 is 0 Å². The van der Waals surface area contributed by atoms with Crippen molar-refractivity contribution in [3.05, 3.63) is 29.6 Å². The molecule has 0 bridgehead atoms. The maximum atomic E-state index is 11.2. The molecule has 1 N–H and O–H groups in total. The van der Waals surface area contributed by atoms with Crippen molar-refractivity contribution < 1.29 is 4.79 Å². The van der Waals surface area contributed by atoms with Gasteiger partial charge in [-0.05, 0) is 18.6 Å². The van der Waals surface area contributed by atoms with Crippen LogP contribution in [0, 0.1) is 6.92 Å². The first-order valence-corrected chi connectivity index (χ1v) is 5.75. The predicted octanol–water partition coefficient (Wildman–Crippen LogP) is 1.56. The van der Waals surface area contributed by atoms with E-state index in [9.17, 15) is 4.79 Å². The van der Waals surface area contributed by atoms with Gasteiger partial charge >= 0.3 is 0 Å². The molecule has 0 atom stereocenters. The van der Waals surface area contributed by atoms with Gasteiger partial charge < -0.3 is 9.88 Å². The molecule has 17 heavy (non-hydrogen) atoms. The van der Waals surface area contributed by atoms with Crippen LogP contribution in [0.15, 0.2) is 18.2 Å². The zero-order valence-corrected chi connectivity index (χ0v) is 10.4. The van der Waals surface area contributed by atoms with Crippen LogP contribution in [0.2, 0.25) is 0 Å². The van der Waals surface area contributed by atoms with Crippen LogP contribution in [-0.2, 0) is 18.3 Å². The van der Waals surface area contributed by atoms with Crippen LogP contribution in [0.3, 0.4) is 0 Å². The van der Waals surface area contributed by atoms with E-state index in [0.29, 0.717) is 12.8 Å². The van der Waals surface area contributed by atoms with Crippen molar-refractivity contribution in [2.75, 3.05) is 7.05 Å². The Bertz CT molecular complexity index is 557. The first-order valence-electron chi connectivity index (χ1n) is 5.75. The molecule has 0 saturated heterocycles. The molecule has 4 heteroatoms. The van der Waals surface area contributed by atoms with Gasteiger partial charge in [-0.2, -0.15) is 0 Å². The Morgan fingerprint density at radius 1 is 1.47 bits per heavy atom. The molecule has 2 aromatic rings. The van der Waals surface area contributed by atoms with E-state index < -0.39 is 0 Å². The lowest BCUT2D eigenvalue weighted by atomic mass is 10.2. The smallest absolute Gasteiger partial charge is 0.220 e. The van der Waals surface area contributed by atoms with E-state index >= 15 is 0 Å². The summed E-state index contributed by atoms with van der Waals surface area (Å²) in [6, 6.07) is 6.14. The van der Waals surface area contributed by atoms with Crippen molar-refractivity contribution in [3.63, 3.8) is 0 Å². The summed E-state index contributed by atoms with van der Waals surface area (Å²) >= 11 is 0. The summed E-state index contributed by atoms with van der Waals surface area (Å²) in [5.74, 6) is 1.01. The van der Waals surface area contributed by atoms with Crippen LogP contribution in [0.5, 0.6) is 0 Å². The second-order valence-corrected chi connectivity index (χ2v) is 4.20. The summed E-state index contributed by atoms with van der Waals surface area (Å²) in [6.07, 6.45) is 1.15. The minimum Gasteiger partial charge on any atom is -0.359 e. The van der Waals surface area contributed by atoms with E-state index in [1.807, 2.05) is 13.1 Å². The zero-order valence-electron chi connectivity index (χ0n) is 10.4. The quantitative estimate of drug-likeness (QED) is 0.871. The Morgan fingerprint density at radius 3 is 2.88 bits per heavy atom. The van der Waals surface area contributed by atoms with Gasteiger partial charge in [0.25, 0.3) is 0 Å². The molecule has 0 aliphatic rings. The van der Waals surface area contributed by atoms with Crippen LogP contribution in [0.1, 0.15) is 17.8 Å². The second kappa shape index (κ2) is 4.57. The monoisotopic (exact) mass is 231 g/mol. The van der Waals surface area contributed by atoms with E-state index in [1.165, 1.54) is 5.56 Å². The summed E-state index contributed by atoms with van der Waals surface area (Å²) in [7, 11) is 3.65. The summed E-state index contributed by atoms with van der Waals surface area (Å²) in [5.41, 5.74) is 3.32. The van der Waals surface area contributed by atoms with Crippen molar-refractivity contribution >= 4 is 16.9 Å². The first kappa shape index (κ1) is 11.6. The topological polar surface area (TPSA) is 46.9 Å². The lowest BCUT2D eigenvalue weighted by Crippen LogP contribution is -2.18. The maximum absolute atomic E-state index is 11.2. The molecule has 0 aliphatic carbocycles. The van der Waals surface area contributed by atoms with Gasteiger partial charge in [-0.3, -0.25) is 4.79 Å². The van der Waals surface area contributed by atoms with Crippen molar-refractivity contribution in [2.24, 2.45) is 7.05 Å². The lowest BCUT2D eigenvalue weighted by molar-refractivity contribution is -0.120. The van der Waals surface area contributed by atoms with E-state index in [-0.39, 0.29) is 5.91 Å². The summed E-state index contributed by atoms with van der Waals surface area (Å²) in [4.78, 5) is 15.8. The van der Waals surface area contributed by atoms with E-state index in [2.05, 4.69) is 33.9 Å². The van der Waals surface area contributed by atoms with Crippen LogP contribution < -0.4 is 5.32 Å². The summed E-state index contributed by atoms with van der Waals surface area (Å²) < 4.78 is 2.06. The fourth-order valence-electron chi connectivity index (χ4n) is 1.98. The number of fused-ring (bicyclic) bond motifs is 1. The predicted molar refractivity (Wildman–Crippen MR) is 67.8 cm³/mol.